The molecule has 0 unspecified atom stereocenters. The standard InChI is InChI=1S/C24H32N4O5S/c1-17(29)20-8-7-9-21(16-20)34(31,32)28-14-10-19(11-15-28)22(30)26-24(12-5-3-4-6-13-24)23-25-18(2)33-27-23/h7-9,16,19H,3-6,10-15H2,1-2H3,(H,26,30). The van der Waals surface area contributed by atoms with E-state index < -0.39 is 15.6 Å². The maximum atomic E-state index is 13.3. The van der Waals surface area contributed by atoms with Gasteiger partial charge >= 0.3 is 0 Å². The van der Waals surface area contributed by atoms with Crippen LogP contribution in [0.3, 0.4) is 0 Å². The molecule has 34 heavy (non-hydrogen) atoms. The highest BCUT2D eigenvalue weighted by Gasteiger charge is 2.41. The lowest BCUT2D eigenvalue weighted by Crippen LogP contribution is -2.50. The van der Waals surface area contributed by atoms with Gasteiger partial charge in [-0.1, -0.05) is 43.0 Å². The second-order valence-corrected chi connectivity index (χ2v) is 11.3. The van der Waals surface area contributed by atoms with Crippen molar-refractivity contribution >= 4 is 21.7 Å². The van der Waals surface area contributed by atoms with Crippen molar-refractivity contribution < 1.29 is 22.5 Å². The molecule has 2 heterocycles. The number of ketones is 1. The summed E-state index contributed by atoms with van der Waals surface area (Å²) in [6.07, 6.45) is 6.55. The highest BCUT2D eigenvalue weighted by Crippen LogP contribution is 2.35. The van der Waals surface area contributed by atoms with Crippen LogP contribution in [0.2, 0.25) is 0 Å². The zero-order chi connectivity index (χ0) is 24.3. The molecule has 1 aliphatic heterocycles. The molecular weight excluding hydrogens is 456 g/mol. The van der Waals surface area contributed by atoms with Crippen LogP contribution in [0.1, 0.15) is 80.4 Å². The molecule has 1 aromatic carbocycles. The smallest absolute Gasteiger partial charge is 0.243 e. The molecule has 0 atom stereocenters. The number of Topliss-reactive ketones (excluding diaryl/α,β-unsaturated/α-hetero) is 1. The molecule has 0 radical (unpaired) electrons. The summed E-state index contributed by atoms with van der Waals surface area (Å²) in [7, 11) is -3.73. The van der Waals surface area contributed by atoms with E-state index in [1.807, 2.05) is 0 Å². The van der Waals surface area contributed by atoms with Crippen LogP contribution in [-0.2, 0) is 20.4 Å². The topological polar surface area (TPSA) is 122 Å². The Labute approximate surface area is 200 Å². The van der Waals surface area contributed by atoms with Gasteiger partial charge in [-0.3, -0.25) is 9.59 Å². The minimum Gasteiger partial charge on any atom is -0.343 e. The van der Waals surface area contributed by atoms with Crippen molar-refractivity contribution in [2.24, 2.45) is 5.92 Å². The van der Waals surface area contributed by atoms with E-state index in [-0.39, 0.29) is 35.6 Å². The minimum atomic E-state index is -3.73. The lowest BCUT2D eigenvalue weighted by Gasteiger charge is -2.35. The zero-order valence-electron chi connectivity index (χ0n) is 19.7. The predicted octanol–water partition coefficient (Wildman–Crippen LogP) is 3.35. The maximum absolute atomic E-state index is 13.3. The van der Waals surface area contributed by atoms with E-state index in [1.54, 1.807) is 19.1 Å². The van der Waals surface area contributed by atoms with Crippen molar-refractivity contribution in [3.63, 3.8) is 0 Å². The van der Waals surface area contributed by atoms with Crippen molar-refractivity contribution in [1.29, 1.82) is 0 Å². The number of hydrogen-bond donors (Lipinski definition) is 1. The Bertz CT molecular complexity index is 1140. The number of sulfonamides is 1. The zero-order valence-corrected chi connectivity index (χ0v) is 20.6. The van der Waals surface area contributed by atoms with Crippen molar-refractivity contribution in [2.75, 3.05) is 13.1 Å². The van der Waals surface area contributed by atoms with Crippen molar-refractivity contribution in [3.8, 4) is 0 Å². The second-order valence-electron chi connectivity index (χ2n) is 9.38. The number of piperidine rings is 1. The van der Waals surface area contributed by atoms with Crippen LogP contribution in [0.15, 0.2) is 33.7 Å². The summed E-state index contributed by atoms with van der Waals surface area (Å²) in [6.45, 7) is 3.65. The molecular formula is C24H32N4O5S. The highest BCUT2D eigenvalue weighted by molar-refractivity contribution is 7.89. The summed E-state index contributed by atoms with van der Waals surface area (Å²) < 4.78 is 32.9. The van der Waals surface area contributed by atoms with E-state index in [9.17, 15) is 18.0 Å². The lowest BCUT2D eigenvalue weighted by atomic mass is 9.87. The third-order valence-corrected chi connectivity index (χ3v) is 8.87. The number of hydrogen-bond acceptors (Lipinski definition) is 7. The number of aryl methyl sites for hydroxylation is 1. The molecule has 2 aliphatic rings. The third kappa shape index (κ3) is 5.07. The lowest BCUT2D eigenvalue weighted by molar-refractivity contribution is -0.128. The molecule has 1 aromatic heterocycles. The Kier molecular flexibility index (Phi) is 7.18. The molecule has 1 saturated carbocycles. The van der Waals surface area contributed by atoms with Crippen LogP contribution in [-0.4, -0.2) is 47.6 Å². The summed E-state index contributed by atoms with van der Waals surface area (Å²) in [5, 5.41) is 7.38. The molecule has 0 spiro atoms. The van der Waals surface area contributed by atoms with E-state index in [4.69, 9.17) is 4.52 Å². The molecule has 1 amide bonds. The van der Waals surface area contributed by atoms with Crippen molar-refractivity contribution in [1.82, 2.24) is 19.8 Å². The average Bonchev–Trinajstić information content (AvgIpc) is 3.14. The first-order valence-corrected chi connectivity index (χ1v) is 13.4. The van der Waals surface area contributed by atoms with Gasteiger partial charge in [0.2, 0.25) is 21.8 Å². The van der Waals surface area contributed by atoms with Crippen LogP contribution >= 0.6 is 0 Å². The molecule has 2 aromatic rings. The van der Waals surface area contributed by atoms with Gasteiger partial charge in [-0.15, -0.1) is 0 Å². The maximum Gasteiger partial charge on any atom is 0.243 e. The number of nitrogens with one attached hydrogen (secondary N) is 1. The van der Waals surface area contributed by atoms with Gasteiger partial charge in [0.1, 0.15) is 5.54 Å². The van der Waals surface area contributed by atoms with E-state index in [2.05, 4.69) is 15.5 Å². The van der Waals surface area contributed by atoms with Gasteiger partial charge < -0.3 is 9.84 Å². The normalized spacial score (nSPS) is 19.9. The number of carbonyl (C=O) groups excluding carboxylic acids is 2. The van der Waals surface area contributed by atoms with Crippen molar-refractivity contribution in [3.05, 3.63) is 41.5 Å². The Morgan fingerprint density at radius 3 is 2.38 bits per heavy atom. The summed E-state index contributed by atoms with van der Waals surface area (Å²) in [5.74, 6) is 0.450. The van der Waals surface area contributed by atoms with Gasteiger partial charge in [0.05, 0.1) is 4.90 Å². The quantitative estimate of drug-likeness (QED) is 0.489. The van der Waals surface area contributed by atoms with E-state index >= 15 is 0 Å². The van der Waals surface area contributed by atoms with Crippen LogP contribution < -0.4 is 5.32 Å². The van der Waals surface area contributed by atoms with Gasteiger partial charge in [-0.2, -0.15) is 9.29 Å². The molecule has 2 fully saturated rings. The largest absolute Gasteiger partial charge is 0.343 e. The molecule has 1 aliphatic carbocycles. The van der Waals surface area contributed by atoms with Gasteiger partial charge in [0.15, 0.2) is 11.6 Å². The second kappa shape index (κ2) is 9.95. The molecule has 10 heteroatoms. The Morgan fingerprint density at radius 1 is 1.12 bits per heavy atom. The van der Waals surface area contributed by atoms with Gasteiger partial charge in [-0.25, -0.2) is 8.42 Å². The number of carbonyl (C=O) groups is 2. The minimum absolute atomic E-state index is 0.0834. The fraction of sp³-hybridized carbons (Fsp3) is 0.583. The summed E-state index contributed by atoms with van der Waals surface area (Å²) in [6, 6.07) is 6.10. The predicted molar refractivity (Wildman–Crippen MR) is 124 cm³/mol. The number of amides is 1. The first-order chi connectivity index (χ1) is 16.2. The Hall–Kier alpha value is -2.59. The number of aromatic nitrogens is 2. The van der Waals surface area contributed by atoms with E-state index in [0.29, 0.717) is 30.1 Å². The van der Waals surface area contributed by atoms with Crippen LogP contribution in [0.25, 0.3) is 0 Å². The van der Waals surface area contributed by atoms with Crippen LogP contribution in [0.5, 0.6) is 0 Å². The molecule has 1 saturated heterocycles. The molecule has 4 rings (SSSR count). The van der Waals surface area contributed by atoms with Crippen LogP contribution in [0, 0.1) is 12.8 Å². The highest BCUT2D eigenvalue weighted by atomic mass is 32.2. The van der Waals surface area contributed by atoms with Gasteiger partial charge in [0.25, 0.3) is 0 Å². The Balaban J connectivity index is 1.44. The summed E-state index contributed by atoms with van der Waals surface area (Å²) >= 11 is 0. The van der Waals surface area contributed by atoms with Crippen LogP contribution in [0.4, 0.5) is 0 Å². The van der Waals surface area contributed by atoms with Gasteiger partial charge in [-0.05, 0) is 44.7 Å². The first kappa shape index (κ1) is 24.5. The van der Waals surface area contributed by atoms with Gasteiger partial charge in [0, 0.05) is 31.5 Å². The van der Waals surface area contributed by atoms with E-state index in [0.717, 1.165) is 38.5 Å². The fourth-order valence-electron chi connectivity index (χ4n) is 4.95. The SMILES string of the molecule is CC(=O)c1cccc(S(=O)(=O)N2CCC(C(=O)NC3(c4noc(C)n4)CCCCCC3)CC2)c1. The summed E-state index contributed by atoms with van der Waals surface area (Å²) in [5.41, 5.74) is -0.275. The number of nitrogens with zero attached hydrogens (tertiary/aromatic N) is 3. The molecule has 0 bridgehead atoms. The third-order valence-electron chi connectivity index (χ3n) is 6.98. The number of rotatable bonds is 6. The molecule has 9 nitrogen and oxygen atoms in total. The van der Waals surface area contributed by atoms with E-state index in [1.165, 1.54) is 23.4 Å². The molecule has 1 N–H and O–H groups in total. The summed E-state index contributed by atoms with van der Waals surface area (Å²) in [4.78, 5) is 29.5. The monoisotopic (exact) mass is 488 g/mol. The fourth-order valence-corrected chi connectivity index (χ4v) is 6.47. The number of benzene rings is 1. The van der Waals surface area contributed by atoms with Crippen molar-refractivity contribution in [2.45, 2.75) is 75.6 Å². The first-order valence-electron chi connectivity index (χ1n) is 12.0. The molecule has 184 valence electrons. The Morgan fingerprint density at radius 2 is 1.79 bits per heavy atom. The average molecular weight is 489 g/mol.